The summed E-state index contributed by atoms with van der Waals surface area (Å²) in [6, 6.07) is 10.3. The van der Waals surface area contributed by atoms with Crippen molar-refractivity contribution in [3.05, 3.63) is 35.4 Å². The van der Waals surface area contributed by atoms with Crippen LogP contribution >= 0.6 is 0 Å². The van der Waals surface area contributed by atoms with Crippen LogP contribution in [0.2, 0.25) is 0 Å². The lowest BCUT2D eigenvalue weighted by molar-refractivity contribution is 0.176. The topological polar surface area (TPSA) is 56.1 Å². The molecule has 1 N–H and O–H groups in total. The molecule has 1 aromatic rings. The van der Waals surface area contributed by atoms with Crippen LogP contribution in [0.3, 0.4) is 0 Å². The number of nitrogens with one attached hydrogen (secondary N) is 1. The lowest BCUT2D eigenvalue weighted by atomic mass is 10.0. The third-order valence-electron chi connectivity index (χ3n) is 3.46. The third kappa shape index (κ3) is 3.72. The minimum atomic E-state index is -0.0690. The second-order valence-electron chi connectivity index (χ2n) is 5.06. The third-order valence-corrected chi connectivity index (χ3v) is 3.46. The Hall–Kier alpha value is -2.02. The highest BCUT2D eigenvalue weighted by atomic mass is 16.2. The second-order valence-corrected chi connectivity index (χ2v) is 5.06. The summed E-state index contributed by atoms with van der Waals surface area (Å²) < 4.78 is 0. The smallest absolute Gasteiger partial charge is 0.317 e. The van der Waals surface area contributed by atoms with Crippen molar-refractivity contribution in [1.29, 1.82) is 5.26 Å². The number of likely N-dealkylation sites (tertiary alicyclic amines) is 1. The Morgan fingerprint density at radius 1 is 1.47 bits per heavy atom. The number of nitriles is 1. The molecule has 1 atom stereocenters. The molecule has 1 aromatic carbocycles. The van der Waals surface area contributed by atoms with Crippen molar-refractivity contribution in [3.63, 3.8) is 0 Å². The standard InChI is InChI=1S/C15H19N3O/c1-12-4-6-13(7-5-12)10-17-15(19)18-8-2-3-14(9-16)11-18/h4-7,14H,2-3,8,10-11H2,1H3,(H,17,19)/t14-/m0/s1. The quantitative estimate of drug-likeness (QED) is 0.884. The molecule has 4 nitrogen and oxygen atoms in total. The SMILES string of the molecule is Cc1ccc(CNC(=O)N2CCC[C@@H](C#N)C2)cc1. The zero-order chi connectivity index (χ0) is 13.7. The molecule has 0 unspecified atom stereocenters. The van der Waals surface area contributed by atoms with Crippen LogP contribution in [0.4, 0.5) is 4.79 Å². The molecule has 0 aromatic heterocycles. The van der Waals surface area contributed by atoms with Gasteiger partial charge in [0.1, 0.15) is 0 Å². The molecule has 1 heterocycles. The molecule has 0 saturated carbocycles. The molecule has 19 heavy (non-hydrogen) atoms. The minimum Gasteiger partial charge on any atom is -0.334 e. The fourth-order valence-electron chi connectivity index (χ4n) is 2.26. The van der Waals surface area contributed by atoms with Crippen LogP contribution in [0.1, 0.15) is 24.0 Å². The van der Waals surface area contributed by atoms with Gasteiger partial charge in [-0.1, -0.05) is 29.8 Å². The van der Waals surface area contributed by atoms with E-state index in [1.54, 1.807) is 4.90 Å². The van der Waals surface area contributed by atoms with Gasteiger partial charge >= 0.3 is 6.03 Å². The highest BCUT2D eigenvalue weighted by Gasteiger charge is 2.22. The van der Waals surface area contributed by atoms with Crippen LogP contribution in [-0.2, 0) is 6.54 Å². The maximum absolute atomic E-state index is 12.0. The van der Waals surface area contributed by atoms with Gasteiger partial charge < -0.3 is 10.2 Å². The van der Waals surface area contributed by atoms with Gasteiger partial charge in [-0.3, -0.25) is 0 Å². The predicted molar refractivity (Wildman–Crippen MR) is 73.3 cm³/mol. The van der Waals surface area contributed by atoms with Gasteiger partial charge in [0.2, 0.25) is 0 Å². The highest BCUT2D eigenvalue weighted by Crippen LogP contribution is 2.15. The van der Waals surface area contributed by atoms with Gasteiger partial charge in [0, 0.05) is 19.6 Å². The molecule has 0 aliphatic carbocycles. The first-order chi connectivity index (χ1) is 9.19. The zero-order valence-corrected chi connectivity index (χ0v) is 11.2. The Morgan fingerprint density at radius 3 is 2.89 bits per heavy atom. The van der Waals surface area contributed by atoms with Crippen LogP contribution in [0.25, 0.3) is 0 Å². The second kappa shape index (κ2) is 6.24. The number of hydrogen-bond donors (Lipinski definition) is 1. The fourth-order valence-corrected chi connectivity index (χ4v) is 2.26. The van der Waals surface area contributed by atoms with Gasteiger partial charge in [-0.05, 0) is 25.3 Å². The number of urea groups is 1. The van der Waals surface area contributed by atoms with Gasteiger partial charge in [-0.2, -0.15) is 5.26 Å². The summed E-state index contributed by atoms with van der Waals surface area (Å²) >= 11 is 0. The van der Waals surface area contributed by atoms with Crippen molar-refractivity contribution in [2.24, 2.45) is 5.92 Å². The van der Waals surface area contributed by atoms with Gasteiger partial charge in [0.05, 0.1) is 12.0 Å². The summed E-state index contributed by atoms with van der Waals surface area (Å²) in [6.45, 7) is 3.87. The van der Waals surface area contributed by atoms with Crippen molar-refractivity contribution in [1.82, 2.24) is 10.2 Å². The number of piperidine rings is 1. The van der Waals surface area contributed by atoms with E-state index in [1.165, 1.54) is 5.56 Å². The molecule has 1 aliphatic heterocycles. The fraction of sp³-hybridized carbons (Fsp3) is 0.467. The average Bonchev–Trinajstić information content (AvgIpc) is 2.46. The van der Waals surface area contributed by atoms with Gasteiger partial charge in [-0.25, -0.2) is 4.79 Å². The first-order valence-corrected chi connectivity index (χ1v) is 6.67. The molecule has 0 bridgehead atoms. The summed E-state index contributed by atoms with van der Waals surface area (Å²) in [7, 11) is 0. The number of carbonyl (C=O) groups is 1. The van der Waals surface area contributed by atoms with Crippen LogP contribution < -0.4 is 5.32 Å². The summed E-state index contributed by atoms with van der Waals surface area (Å²) in [4.78, 5) is 13.7. The van der Waals surface area contributed by atoms with Gasteiger partial charge in [0.15, 0.2) is 0 Å². The zero-order valence-electron chi connectivity index (χ0n) is 11.2. The Kier molecular flexibility index (Phi) is 4.40. The molecular formula is C15H19N3O. The number of amides is 2. The number of aryl methyl sites for hydroxylation is 1. The van der Waals surface area contributed by atoms with E-state index in [1.807, 2.05) is 31.2 Å². The Labute approximate surface area is 114 Å². The first kappa shape index (κ1) is 13.4. The highest BCUT2D eigenvalue weighted by molar-refractivity contribution is 5.74. The molecule has 1 fully saturated rings. The minimum absolute atomic E-state index is 0.0149. The van der Waals surface area contributed by atoms with E-state index in [4.69, 9.17) is 5.26 Å². The van der Waals surface area contributed by atoms with E-state index in [0.717, 1.165) is 24.9 Å². The Balaban J connectivity index is 1.84. The lowest BCUT2D eigenvalue weighted by Gasteiger charge is -2.29. The van der Waals surface area contributed by atoms with E-state index < -0.39 is 0 Å². The lowest BCUT2D eigenvalue weighted by Crippen LogP contribution is -2.45. The average molecular weight is 257 g/mol. The molecule has 1 aliphatic rings. The Morgan fingerprint density at radius 2 is 2.21 bits per heavy atom. The van der Waals surface area contributed by atoms with E-state index in [0.29, 0.717) is 13.1 Å². The number of rotatable bonds is 2. The number of hydrogen-bond acceptors (Lipinski definition) is 2. The molecule has 0 spiro atoms. The summed E-state index contributed by atoms with van der Waals surface area (Å²) in [6.07, 6.45) is 1.81. The summed E-state index contributed by atoms with van der Waals surface area (Å²) in [5.41, 5.74) is 2.30. The van der Waals surface area contributed by atoms with E-state index >= 15 is 0 Å². The first-order valence-electron chi connectivity index (χ1n) is 6.67. The molecule has 0 radical (unpaired) electrons. The summed E-state index contributed by atoms with van der Waals surface area (Å²) in [5.74, 6) is -0.0149. The molecule has 100 valence electrons. The monoisotopic (exact) mass is 257 g/mol. The molecular weight excluding hydrogens is 238 g/mol. The normalized spacial score (nSPS) is 18.7. The molecule has 4 heteroatoms. The van der Waals surface area contributed by atoms with Gasteiger partial charge in [0.25, 0.3) is 0 Å². The molecule has 1 saturated heterocycles. The van der Waals surface area contributed by atoms with Crippen LogP contribution in [0.15, 0.2) is 24.3 Å². The maximum atomic E-state index is 12.0. The van der Waals surface area contributed by atoms with Crippen molar-refractivity contribution < 1.29 is 4.79 Å². The Bertz CT molecular complexity index is 475. The van der Waals surface area contributed by atoms with Crippen molar-refractivity contribution in [2.75, 3.05) is 13.1 Å². The van der Waals surface area contributed by atoms with Crippen molar-refractivity contribution in [3.8, 4) is 6.07 Å². The molecule has 2 amide bonds. The largest absolute Gasteiger partial charge is 0.334 e. The predicted octanol–water partition coefficient (Wildman–Crippen LogP) is 2.44. The van der Waals surface area contributed by atoms with E-state index in [9.17, 15) is 4.79 Å². The maximum Gasteiger partial charge on any atom is 0.317 e. The van der Waals surface area contributed by atoms with Gasteiger partial charge in [-0.15, -0.1) is 0 Å². The van der Waals surface area contributed by atoms with Crippen molar-refractivity contribution in [2.45, 2.75) is 26.3 Å². The van der Waals surface area contributed by atoms with Crippen LogP contribution in [0, 0.1) is 24.2 Å². The van der Waals surface area contributed by atoms with Crippen LogP contribution in [0.5, 0.6) is 0 Å². The van der Waals surface area contributed by atoms with E-state index in [2.05, 4.69) is 11.4 Å². The summed E-state index contributed by atoms with van der Waals surface area (Å²) in [5, 5.41) is 11.8. The molecule has 2 rings (SSSR count). The number of carbonyl (C=O) groups excluding carboxylic acids is 1. The number of benzene rings is 1. The van der Waals surface area contributed by atoms with Crippen LogP contribution in [-0.4, -0.2) is 24.0 Å². The van der Waals surface area contributed by atoms with Crippen molar-refractivity contribution >= 4 is 6.03 Å². The van der Waals surface area contributed by atoms with E-state index in [-0.39, 0.29) is 11.9 Å². The number of nitrogens with zero attached hydrogens (tertiary/aromatic N) is 2.